The van der Waals surface area contributed by atoms with Crippen LogP contribution in [0, 0.1) is 0 Å². The van der Waals surface area contributed by atoms with Crippen molar-refractivity contribution in [2.45, 2.75) is 17.9 Å². The van der Waals surface area contributed by atoms with Crippen molar-refractivity contribution in [2.24, 2.45) is 5.10 Å². The topological polar surface area (TPSA) is 72.8 Å². The van der Waals surface area contributed by atoms with Crippen molar-refractivity contribution >= 4 is 56.2 Å². The summed E-state index contributed by atoms with van der Waals surface area (Å²) in [7, 11) is 0. The third-order valence-corrected chi connectivity index (χ3v) is 7.71. The van der Waals surface area contributed by atoms with E-state index in [4.69, 9.17) is 9.47 Å². The molecule has 0 fully saturated rings. The van der Waals surface area contributed by atoms with Gasteiger partial charge in [0.25, 0.3) is 5.91 Å². The second kappa shape index (κ2) is 11.9. The SMILES string of the molecule is CCOc1cc(/C=N\NC(=O)CSc2nc3ccccc3s2)ccc1OCc1cccc2ccccc12. The molecule has 5 aromatic rings. The first-order valence-electron chi connectivity index (χ1n) is 11.9. The van der Waals surface area contributed by atoms with E-state index in [-0.39, 0.29) is 11.7 Å². The summed E-state index contributed by atoms with van der Waals surface area (Å²) in [6, 6.07) is 28.0. The van der Waals surface area contributed by atoms with Crippen molar-refractivity contribution in [3.05, 3.63) is 96.1 Å². The number of nitrogens with one attached hydrogen (secondary N) is 1. The Morgan fingerprint density at radius 1 is 1.00 bits per heavy atom. The minimum absolute atomic E-state index is 0.194. The number of ether oxygens (including phenoxy) is 2. The Kier molecular flexibility index (Phi) is 7.98. The van der Waals surface area contributed by atoms with Crippen molar-refractivity contribution in [3.63, 3.8) is 0 Å². The van der Waals surface area contributed by atoms with E-state index in [9.17, 15) is 4.79 Å². The molecule has 1 amide bonds. The first kappa shape index (κ1) is 24.8. The zero-order chi connectivity index (χ0) is 25.5. The minimum Gasteiger partial charge on any atom is -0.490 e. The molecule has 0 atom stereocenters. The molecule has 0 bridgehead atoms. The summed E-state index contributed by atoms with van der Waals surface area (Å²) >= 11 is 2.98. The molecule has 37 heavy (non-hydrogen) atoms. The third kappa shape index (κ3) is 6.28. The number of para-hydroxylation sites is 1. The average Bonchev–Trinajstić information content (AvgIpc) is 3.35. The van der Waals surface area contributed by atoms with Gasteiger partial charge in [-0.25, -0.2) is 10.4 Å². The van der Waals surface area contributed by atoms with Crippen LogP contribution in [-0.2, 0) is 11.4 Å². The summed E-state index contributed by atoms with van der Waals surface area (Å²) in [6.45, 7) is 2.86. The molecule has 0 aliphatic rings. The number of amides is 1. The highest BCUT2D eigenvalue weighted by Crippen LogP contribution is 2.30. The Bertz CT molecular complexity index is 1530. The summed E-state index contributed by atoms with van der Waals surface area (Å²) in [5, 5.41) is 6.46. The Labute approximate surface area is 223 Å². The molecule has 1 aromatic heterocycles. The minimum atomic E-state index is -0.194. The molecule has 0 saturated carbocycles. The molecule has 0 spiro atoms. The molecular weight excluding hydrogens is 502 g/mol. The fraction of sp³-hybridized carbons (Fsp3) is 0.138. The molecule has 0 radical (unpaired) electrons. The van der Waals surface area contributed by atoms with Crippen LogP contribution < -0.4 is 14.9 Å². The summed E-state index contributed by atoms with van der Waals surface area (Å²) in [5.41, 5.74) is 5.43. The summed E-state index contributed by atoms with van der Waals surface area (Å²) in [5.74, 6) is 1.33. The maximum Gasteiger partial charge on any atom is 0.250 e. The predicted octanol–water partition coefficient (Wildman–Crippen LogP) is 6.67. The van der Waals surface area contributed by atoms with Gasteiger partial charge >= 0.3 is 0 Å². The number of nitrogens with zero attached hydrogens (tertiary/aromatic N) is 2. The maximum atomic E-state index is 12.2. The van der Waals surface area contributed by atoms with Crippen LogP contribution in [0.3, 0.4) is 0 Å². The van der Waals surface area contributed by atoms with E-state index in [1.807, 2.05) is 67.6 Å². The third-order valence-electron chi connectivity index (χ3n) is 5.53. The quantitative estimate of drug-likeness (QED) is 0.125. The molecule has 8 heteroatoms. The van der Waals surface area contributed by atoms with E-state index in [0.717, 1.165) is 25.7 Å². The van der Waals surface area contributed by atoms with Crippen molar-refractivity contribution in [2.75, 3.05) is 12.4 Å². The average molecular weight is 528 g/mol. The molecular formula is C29H25N3O3S2. The van der Waals surface area contributed by atoms with E-state index in [2.05, 4.69) is 39.8 Å². The second-order valence-corrected chi connectivity index (χ2v) is 10.3. The number of benzene rings is 4. The predicted molar refractivity (Wildman–Crippen MR) is 152 cm³/mol. The fourth-order valence-corrected chi connectivity index (χ4v) is 5.68. The first-order chi connectivity index (χ1) is 18.2. The number of fused-ring (bicyclic) bond motifs is 2. The van der Waals surface area contributed by atoms with Gasteiger partial charge in [0, 0.05) is 0 Å². The van der Waals surface area contributed by atoms with Gasteiger partial charge < -0.3 is 9.47 Å². The van der Waals surface area contributed by atoms with Crippen LogP contribution in [0.5, 0.6) is 11.5 Å². The Hall–Kier alpha value is -3.88. The number of hydrazone groups is 1. The van der Waals surface area contributed by atoms with E-state index in [0.29, 0.717) is 24.7 Å². The lowest BCUT2D eigenvalue weighted by Gasteiger charge is -2.13. The smallest absolute Gasteiger partial charge is 0.250 e. The molecule has 0 saturated heterocycles. The summed E-state index contributed by atoms with van der Waals surface area (Å²) in [6.07, 6.45) is 1.59. The number of rotatable bonds is 10. The van der Waals surface area contributed by atoms with E-state index in [1.165, 1.54) is 22.5 Å². The zero-order valence-electron chi connectivity index (χ0n) is 20.2. The molecule has 0 unspecified atom stereocenters. The van der Waals surface area contributed by atoms with Gasteiger partial charge in [-0.1, -0.05) is 66.4 Å². The Balaban J connectivity index is 1.18. The van der Waals surface area contributed by atoms with Crippen LogP contribution in [0.25, 0.3) is 21.0 Å². The standard InChI is InChI=1S/C29H25N3O3S2/c1-2-34-26-16-20(14-15-25(26)35-18-22-10-7-9-21-8-3-4-11-23(21)22)17-30-32-28(33)19-36-29-31-24-12-5-6-13-27(24)37-29/h3-17H,2,18-19H2,1H3,(H,32,33)/b30-17-. The Morgan fingerprint density at radius 3 is 2.73 bits per heavy atom. The van der Waals surface area contributed by atoms with Crippen LogP contribution in [-0.4, -0.2) is 29.5 Å². The van der Waals surface area contributed by atoms with Crippen LogP contribution >= 0.6 is 23.1 Å². The van der Waals surface area contributed by atoms with Gasteiger partial charge in [0.15, 0.2) is 15.8 Å². The first-order valence-corrected chi connectivity index (χ1v) is 13.7. The number of aromatic nitrogens is 1. The number of hydrogen-bond donors (Lipinski definition) is 1. The number of carbonyl (C=O) groups excluding carboxylic acids is 1. The van der Waals surface area contributed by atoms with Crippen molar-refractivity contribution < 1.29 is 14.3 Å². The number of carbonyl (C=O) groups is 1. The van der Waals surface area contributed by atoms with Gasteiger partial charge in [-0.2, -0.15) is 5.10 Å². The molecule has 0 aliphatic carbocycles. The van der Waals surface area contributed by atoms with E-state index < -0.39 is 0 Å². The number of hydrogen-bond acceptors (Lipinski definition) is 7. The van der Waals surface area contributed by atoms with E-state index in [1.54, 1.807) is 17.6 Å². The zero-order valence-corrected chi connectivity index (χ0v) is 21.9. The second-order valence-electron chi connectivity index (χ2n) is 8.10. The monoisotopic (exact) mass is 527 g/mol. The molecule has 186 valence electrons. The van der Waals surface area contributed by atoms with Crippen LogP contribution in [0.15, 0.2) is 94.4 Å². The lowest BCUT2D eigenvalue weighted by atomic mass is 10.1. The van der Waals surface area contributed by atoms with Crippen LogP contribution in [0.2, 0.25) is 0 Å². The van der Waals surface area contributed by atoms with Gasteiger partial charge in [0.05, 0.1) is 28.8 Å². The molecule has 0 aliphatic heterocycles. The number of thiazole rings is 1. The van der Waals surface area contributed by atoms with Crippen molar-refractivity contribution in [1.82, 2.24) is 10.4 Å². The molecule has 4 aromatic carbocycles. The maximum absolute atomic E-state index is 12.2. The lowest BCUT2D eigenvalue weighted by Crippen LogP contribution is -2.19. The molecule has 6 nitrogen and oxygen atoms in total. The lowest BCUT2D eigenvalue weighted by molar-refractivity contribution is -0.118. The highest BCUT2D eigenvalue weighted by atomic mass is 32.2. The van der Waals surface area contributed by atoms with Crippen LogP contribution in [0.1, 0.15) is 18.1 Å². The van der Waals surface area contributed by atoms with Gasteiger partial charge in [0.1, 0.15) is 6.61 Å². The van der Waals surface area contributed by atoms with Gasteiger partial charge in [0.2, 0.25) is 0 Å². The van der Waals surface area contributed by atoms with Gasteiger partial charge in [-0.3, -0.25) is 4.79 Å². The molecule has 5 rings (SSSR count). The highest BCUT2D eigenvalue weighted by molar-refractivity contribution is 8.01. The fourth-order valence-electron chi connectivity index (χ4n) is 3.82. The number of thioether (sulfide) groups is 1. The highest BCUT2D eigenvalue weighted by Gasteiger charge is 2.09. The molecule has 1 heterocycles. The van der Waals surface area contributed by atoms with Gasteiger partial charge in [-0.05, 0) is 59.2 Å². The largest absolute Gasteiger partial charge is 0.490 e. The van der Waals surface area contributed by atoms with Crippen molar-refractivity contribution in [1.29, 1.82) is 0 Å². The Morgan fingerprint density at radius 2 is 1.84 bits per heavy atom. The van der Waals surface area contributed by atoms with Crippen molar-refractivity contribution in [3.8, 4) is 11.5 Å². The van der Waals surface area contributed by atoms with Crippen LogP contribution in [0.4, 0.5) is 0 Å². The summed E-state index contributed by atoms with van der Waals surface area (Å²) < 4.78 is 13.9. The van der Waals surface area contributed by atoms with Gasteiger partial charge in [-0.15, -0.1) is 11.3 Å². The molecule has 1 N–H and O–H groups in total. The normalized spacial score (nSPS) is 11.3. The summed E-state index contributed by atoms with van der Waals surface area (Å²) in [4.78, 5) is 16.8. The van der Waals surface area contributed by atoms with E-state index >= 15 is 0 Å².